The second-order valence-electron chi connectivity index (χ2n) is 3.90. The molecule has 6 nitrogen and oxygen atoms in total. The van der Waals surface area contributed by atoms with Gasteiger partial charge in [-0.15, -0.1) is 12.4 Å². The van der Waals surface area contributed by atoms with Crippen LogP contribution in [0.1, 0.15) is 17.5 Å². The molecule has 1 aliphatic rings. The molecular formula is C12H14ClN3O3. The first-order valence-corrected chi connectivity index (χ1v) is 5.55. The summed E-state index contributed by atoms with van der Waals surface area (Å²) in [7, 11) is 0. The molecule has 3 N–H and O–H groups in total. The molecule has 2 heterocycles. The quantitative estimate of drug-likeness (QED) is 0.705. The van der Waals surface area contributed by atoms with Gasteiger partial charge >= 0.3 is 5.97 Å². The van der Waals surface area contributed by atoms with E-state index in [1.165, 1.54) is 6.08 Å². The molecule has 19 heavy (non-hydrogen) atoms. The summed E-state index contributed by atoms with van der Waals surface area (Å²) in [4.78, 5) is 25.9. The van der Waals surface area contributed by atoms with Crippen molar-refractivity contribution in [3.05, 3.63) is 29.5 Å². The second-order valence-corrected chi connectivity index (χ2v) is 3.90. The van der Waals surface area contributed by atoms with E-state index in [2.05, 4.69) is 15.6 Å². The molecule has 0 unspecified atom stereocenters. The number of rotatable bonds is 2. The molecule has 7 heteroatoms. The van der Waals surface area contributed by atoms with Crippen molar-refractivity contribution in [2.45, 2.75) is 13.0 Å². The fraction of sp³-hybridized carbons (Fsp3) is 0.250. The average molecular weight is 284 g/mol. The number of carboxylic acids is 1. The van der Waals surface area contributed by atoms with Crippen LogP contribution in [0.4, 0.5) is 5.82 Å². The van der Waals surface area contributed by atoms with Gasteiger partial charge in [0.2, 0.25) is 5.91 Å². The summed E-state index contributed by atoms with van der Waals surface area (Å²) in [5, 5.41) is 14.4. The van der Waals surface area contributed by atoms with E-state index in [1.54, 1.807) is 12.3 Å². The lowest BCUT2D eigenvalue weighted by Gasteiger charge is -2.15. The maximum atomic E-state index is 11.3. The minimum atomic E-state index is -1.01. The summed E-state index contributed by atoms with van der Waals surface area (Å²) >= 11 is 0. The Labute approximate surface area is 116 Å². The van der Waals surface area contributed by atoms with Gasteiger partial charge in [-0.25, -0.2) is 9.78 Å². The van der Waals surface area contributed by atoms with Crippen LogP contribution in [0.25, 0.3) is 6.08 Å². The zero-order valence-electron chi connectivity index (χ0n) is 10.0. The molecule has 1 aromatic rings. The van der Waals surface area contributed by atoms with Crippen LogP contribution in [0.2, 0.25) is 0 Å². The number of aliphatic carboxylic acids is 1. The number of carbonyl (C=O) groups is 2. The number of pyridine rings is 1. The standard InChI is InChI=1S/C12H13N3O3.ClH/c16-10-3-4-13-12-9(7-14-10)5-8(6-15-12)1-2-11(17)18;/h1-2,5-6H,3-4,7H2,(H,13,15)(H,14,16)(H,17,18);1H/b2-1+;. The molecule has 0 fully saturated rings. The number of nitrogens with zero attached hydrogens (tertiary/aromatic N) is 1. The number of halogens is 1. The van der Waals surface area contributed by atoms with Gasteiger partial charge in [-0.3, -0.25) is 4.79 Å². The van der Waals surface area contributed by atoms with Crippen molar-refractivity contribution in [1.29, 1.82) is 0 Å². The van der Waals surface area contributed by atoms with Crippen molar-refractivity contribution in [1.82, 2.24) is 10.3 Å². The minimum absolute atomic E-state index is 0. The number of fused-ring (bicyclic) bond motifs is 1. The summed E-state index contributed by atoms with van der Waals surface area (Å²) in [6.45, 7) is 0.930. The molecule has 0 atom stereocenters. The van der Waals surface area contributed by atoms with Crippen LogP contribution < -0.4 is 10.6 Å². The van der Waals surface area contributed by atoms with Crippen LogP contribution in [0.3, 0.4) is 0 Å². The summed E-state index contributed by atoms with van der Waals surface area (Å²) < 4.78 is 0. The Hall–Kier alpha value is -2.08. The highest BCUT2D eigenvalue weighted by Crippen LogP contribution is 2.16. The number of amides is 1. The molecule has 0 aliphatic carbocycles. The Bertz CT molecular complexity index is 517. The molecule has 102 valence electrons. The largest absolute Gasteiger partial charge is 0.478 e. The van der Waals surface area contributed by atoms with E-state index >= 15 is 0 Å². The number of carbonyl (C=O) groups excluding carboxylic acids is 1. The average Bonchev–Trinajstić information content (AvgIpc) is 2.33. The summed E-state index contributed by atoms with van der Waals surface area (Å²) in [5.41, 5.74) is 1.53. The van der Waals surface area contributed by atoms with E-state index in [0.717, 1.165) is 17.5 Å². The monoisotopic (exact) mass is 283 g/mol. The molecule has 0 saturated carbocycles. The van der Waals surface area contributed by atoms with Gasteiger partial charge in [0.05, 0.1) is 0 Å². The lowest BCUT2D eigenvalue weighted by atomic mass is 10.1. The van der Waals surface area contributed by atoms with E-state index in [0.29, 0.717) is 25.1 Å². The maximum Gasteiger partial charge on any atom is 0.328 e. The predicted molar refractivity (Wildman–Crippen MR) is 73.1 cm³/mol. The van der Waals surface area contributed by atoms with Crippen molar-refractivity contribution in [3.8, 4) is 0 Å². The molecule has 1 amide bonds. The fourth-order valence-corrected chi connectivity index (χ4v) is 1.66. The van der Waals surface area contributed by atoms with Gasteiger partial charge in [0.25, 0.3) is 0 Å². The molecule has 0 radical (unpaired) electrons. The predicted octanol–water partition coefficient (Wildman–Crippen LogP) is 1.03. The van der Waals surface area contributed by atoms with Gasteiger partial charge in [-0.1, -0.05) is 0 Å². The molecule has 0 spiro atoms. The number of carboxylic acid groups (broad SMARTS) is 1. The van der Waals surface area contributed by atoms with Crippen LogP contribution >= 0.6 is 12.4 Å². The lowest BCUT2D eigenvalue weighted by molar-refractivity contribution is -0.131. The first-order valence-electron chi connectivity index (χ1n) is 5.55. The first-order chi connectivity index (χ1) is 8.65. The van der Waals surface area contributed by atoms with E-state index in [9.17, 15) is 9.59 Å². The third-order valence-electron chi connectivity index (χ3n) is 2.53. The Morgan fingerprint density at radius 2 is 2.21 bits per heavy atom. The van der Waals surface area contributed by atoms with Crippen molar-refractivity contribution in [3.63, 3.8) is 0 Å². The summed E-state index contributed by atoms with van der Waals surface area (Å²) in [6.07, 6.45) is 4.53. The van der Waals surface area contributed by atoms with E-state index in [4.69, 9.17) is 5.11 Å². The maximum absolute atomic E-state index is 11.3. The van der Waals surface area contributed by atoms with E-state index in [1.807, 2.05) is 0 Å². The van der Waals surface area contributed by atoms with Gasteiger partial charge in [-0.05, 0) is 17.7 Å². The highest BCUT2D eigenvalue weighted by atomic mass is 35.5. The number of nitrogens with one attached hydrogen (secondary N) is 2. The van der Waals surface area contributed by atoms with Crippen LogP contribution in [-0.2, 0) is 16.1 Å². The van der Waals surface area contributed by atoms with Gasteiger partial charge in [0.15, 0.2) is 0 Å². The third kappa shape index (κ3) is 4.26. The Morgan fingerprint density at radius 3 is 2.95 bits per heavy atom. The van der Waals surface area contributed by atoms with Crippen LogP contribution in [-0.4, -0.2) is 28.5 Å². The van der Waals surface area contributed by atoms with Gasteiger partial charge in [0.1, 0.15) is 5.82 Å². The zero-order chi connectivity index (χ0) is 13.0. The third-order valence-corrected chi connectivity index (χ3v) is 2.53. The molecule has 1 aliphatic heterocycles. The number of aromatic nitrogens is 1. The number of hydrogen-bond acceptors (Lipinski definition) is 4. The summed E-state index contributed by atoms with van der Waals surface area (Å²) in [6, 6.07) is 1.81. The van der Waals surface area contributed by atoms with Crippen LogP contribution in [0.5, 0.6) is 0 Å². The second kappa shape index (κ2) is 6.75. The highest BCUT2D eigenvalue weighted by Gasteiger charge is 2.11. The molecule has 0 aromatic carbocycles. The van der Waals surface area contributed by atoms with E-state index < -0.39 is 5.97 Å². The molecule has 1 aromatic heterocycles. The van der Waals surface area contributed by atoms with Crippen molar-refractivity contribution in [2.24, 2.45) is 0 Å². The van der Waals surface area contributed by atoms with Crippen LogP contribution in [0.15, 0.2) is 18.3 Å². The Kier molecular flexibility index (Phi) is 5.32. The minimum Gasteiger partial charge on any atom is -0.478 e. The summed E-state index contributed by atoms with van der Waals surface area (Å²) in [5.74, 6) is -0.296. The Morgan fingerprint density at radius 1 is 1.42 bits per heavy atom. The molecule has 0 saturated heterocycles. The Balaban J connectivity index is 0.00000180. The van der Waals surface area contributed by atoms with Gasteiger partial charge in [-0.2, -0.15) is 0 Å². The SMILES string of the molecule is Cl.O=C(O)/C=C/c1cnc2c(c1)CNC(=O)CCN2. The lowest BCUT2D eigenvalue weighted by Crippen LogP contribution is -2.28. The zero-order valence-corrected chi connectivity index (χ0v) is 10.9. The molecular weight excluding hydrogens is 270 g/mol. The first kappa shape index (κ1) is 15.0. The molecule has 2 rings (SSSR count). The fourth-order valence-electron chi connectivity index (χ4n) is 1.66. The molecule has 0 bridgehead atoms. The van der Waals surface area contributed by atoms with Gasteiger partial charge < -0.3 is 15.7 Å². The number of hydrogen-bond donors (Lipinski definition) is 3. The smallest absolute Gasteiger partial charge is 0.328 e. The van der Waals surface area contributed by atoms with Crippen molar-refractivity contribution >= 4 is 36.2 Å². The topological polar surface area (TPSA) is 91.3 Å². The van der Waals surface area contributed by atoms with Crippen LogP contribution in [0, 0.1) is 0 Å². The van der Waals surface area contributed by atoms with Gasteiger partial charge in [0, 0.05) is 37.3 Å². The van der Waals surface area contributed by atoms with Crippen molar-refractivity contribution < 1.29 is 14.7 Å². The van der Waals surface area contributed by atoms with Crippen molar-refractivity contribution in [2.75, 3.05) is 11.9 Å². The van der Waals surface area contributed by atoms with E-state index in [-0.39, 0.29) is 18.3 Å². The highest BCUT2D eigenvalue weighted by molar-refractivity contribution is 5.85. The normalized spacial score (nSPS) is 14.4. The number of anilines is 1.